The van der Waals surface area contributed by atoms with Crippen molar-refractivity contribution in [3.63, 3.8) is 0 Å². The Kier molecular flexibility index (Phi) is 70.8. The predicted molar refractivity (Wildman–Crippen MR) is 403 cm³/mol. The summed E-state index contributed by atoms with van der Waals surface area (Å²) in [4.78, 5) is 35.4. The number of carbonyl (C=O) groups excluding carboxylic acids is 2. The summed E-state index contributed by atoms with van der Waals surface area (Å²) in [6.07, 6.45) is 117. The second-order valence-electron chi connectivity index (χ2n) is 23.0. The number of allylic oxidation sites excluding steroid dienone is 36. The standard InChI is InChI=1S/C83H130NO8P/c1-3-5-7-9-11-13-15-17-19-21-23-25-27-29-31-33-35-36-37-38-39-40-41-42-43-44-46-48-50-52-54-56-58-60-62-64-66-68-70-72-74-76-83(86)92-81(80-91-93(87,88)90-78-77-84)79-89-82(85)75-73-71-69-67-65-63-61-59-57-55-53-51-49-47-45-34-32-30-28-26-24-22-20-18-16-14-12-10-8-6-4-2/h5-8,11-14,17-20,23-26,29-32,35-36,38-39,41-42,44-47,50-53,57,59,81H,3-4,9-10,15-16,21-22,27-28,33-34,37,40,43,48-49,54-56,58,60-80,84H2,1-2H3,(H,87,88)/b7-5-,8-6-,13-11-,14-12-,19-17-,20-18-,25-23-,26-24-,31-29-,32-30-,36-35-,39-38-,42-41-,46-44-,47-45-,52-50-,53-51-,59-57-. The van der Waals surface area contributed by atoms with Crippen LogP contribution in [0.15, 0.2) is 219 Å². The Morgan fingerprint density at radius 1 is 0.323 bits per heavy atom. The first-order valence-electron chi connectivity index (χ1n) is 36.2. The number of hydrogen-bond acceptors (Lipinski definition) is 8. The minimum atomic E-state index is -4.42. The van der Waals surface area contributed by atoms with Crippen molar-refractivity contribution in [3.8, 4) is 0 Å². The fourth-order valence-corrected chi connectivity index (χ4v) is 9.86. The zero-order chi connectivity index (χ0) is 67.2. The van der Waals surface area contributed by atoms with Crippen LogP contribution in [0.4, 0.5) is 0 Å². The Bertz CT molecular complexity index is 2330. The third kappa shape index (κ3) is 75.2. The number of hydrogen-bond donors (Lipinski definition) is 2. The van der Waals surface area contributed by atoms with E-state index in [-0.39, 0.29) is 32.6 Å². The Balaban J connectivity index is 4.01. The van der Waals surface area contributed by atoms with Crippen molar-refractivity contribution in [2.75, 3.05) is 26.4 Å². The summed E-state index contributed by atoms with van der Waals surface area (Å²) in [5.74, 6) is -0.864. The molecule has 0 rings (SSSR count). The molecule has 0 spiro atoms. The number of carbonyl (C=O) groups is 2. The predicted octanol–water partition coefficient (Wildman–Crippen LogP) is 24.4. The van der Waals surface area contributed by atoms with Crippen molar-refractivity contribution in [1.82, 2.24) is 0 Å². The summed E-state index contributed by atoms with van der Waals surface area (Å²) in [5, 5.41) is 0. The van der Waals surface area contributed by atoms with Crippen LogP contribution in [-0.4, -0.2) is 49.3 Å². The van der Waals surface area contributed by atoms with Gasteiger partial charge >= 0.3 is 19.8 Å². The van der Waals surface area contributed by atoms with Gasteiger partial charge in [-0.3, -0.25) is 18.6 Å². The lowest BCUT2D eigenvalue weighted by Crippen LogP contribution is -2.29. The fraction of sp³-hybridized carbons (Fsp3) is 0.542. The van der Waals surface area contributed by atoms with Crippen molar-refractivity contribution in [3.05, 3.63) is 219 Å². The SMILES string of the molecule is CC/C=C\C/C=C\C/C=C\C/C=C\C/C=C\C/C=C\C/C=C\C/C=C\C/C=C\C/C=C\CCCCCCCCCCCCC(=O)OC(COC(=O)CCCCCCCC/C=C\C/C=C\C/C=C\C/C=C\C/C=C\C/C=C\C/C=C\C/C=C\CC)COP(=O)(O)OCCN. The van der Waals surface area contributed by atoms with Gasteiger partial charge in [-0.2, -0.15) is 0 Å². The number of phosphoric ester groups is 1. The lowest BCUT2D eigenvalue weighted by molar-refractivity contribution is -0.161. The lowest BCUT2D eigenvalue weighted by Gasteiger charge is -2.19. The monoisotopic (exact) mass is 1300 g/mol. The molecule has 93 heavy (non-hydrogen) atoms. The molecular weight excluding hydrogens is 1170 g/mol. The number of rotatable bonds is 65. The Labute approximate surface area is 569 Å². The molecule has 0 saturated carbocycles. The van der Waals surface area contributed by atoms with E-state index in [9.17, 15) is 19.0 Å². The molecule has 0 saturated heterocycles. The molecule has 10 heteroatoms. The maximum absolute atomic E-state index is 12.8. The Hall–Kier alpha value is -5.67. The maximum Gasteiger partial charge on any atom is 0.472 e. The second-order valence-corrected chi connectivity index (χ2v) is 24.4. The average Bonchev–Trinajstić information content (AvgIpc) is 3.49. The highest BCUT2D eigenvalue weighted by atomic mass is 31.2. The number of phosphoric acid groups is 1. The third-order valence-electron chi connectivity index (χ3n) is 14.4. The topological polar surface area (TPSA) is 134 Å². The largest absolute Gasteiger partial charge is 0.472 e. The number of esters is 2. The first-order chi connectivity index (χ1) is 45.8. The van der Waals surface area contributed by atoms with Crippen molar-refractivity contribution in [1.29, 1.82) is 0 Å². The molecule has 2 atom stereocenters. The molecule has 0 aromatic heterocycles. The first kappa shape index (κ1) is 87.3. The zero-order valence-electron chi connectivity index (χ0n) is 58.4. The zero-order valence-corrected chi connectivity index (χ0v) is 59.3. The number of ether oxygens (including phenoxy) is 2. The quantitative estimate of drug-likeness (QED) is 0.0264. The van der Waals surface area contributed by atoms with E-state index in [0.717, 1.165) is 180 Å². The van der Waals surface area contributed by atoms with Gasteiger partial charge in [0, 0.05) is 19.4 Å². The fourth-order valence-electron chi connectivity index (χ4n) is 9.09. The highest BCUT2D eigenvalue weighted by molar-refractivity contribution is 7.47. The smallest absolute Gasteiger partial charge is 0.462 e. The molecule has 0 amide bonds. The van der Waals surface area contributed by atoms with E-state index in [0.29, 0.717) is 12.8 Å². The Morgan fingerprint density at radius 3 is 0.828 bits per heavy atom. The van der Waals surface area contributed by atoms with Crippen LogP contribution in [0.25, 0.3) is 0 Å². The number of nitrogens with two attached hydrogens (primary N) is 1. The van der Waals surface area contributed by atoms with Crippen molar-refractivity contribution >= 4 is 19.8 Å². The van der Waals surface area contributed by atoms with E-state index in [4.69, 9.17) is 24.3 Å². The van der Waals surface area contributed by atoms with Gasteiger partial charge in [0.05, 0.1) is 13.2 Å². The molecule has 0 aliphatic heterocycles. The minimum absolute atomic E-state index is 0.0391. The van der Waals surface area contributed by atoms with Crippen molar-refractivity contribution in [2.24, 2.45) is 5.73 Å². The molecule has 3 N–H and O–H groups in total. The minimum Gasteiger partial charge on any atom is -0.462 e. The van der Waals surface area contributed by atoms with Crippen LogP contribution in [0.1, 0.15) is 258 Å². The highest BCUT2D eigenvalue weighted by Gasteiger charge is 2.26. The summed E-state index contributed by atoms with van der Waals surface area (Å²) < 4.78 is 33.2. The summed E-state index contributed by atoms with van der Waals surface area (Å²) in [6.45, 7) is 3.47. The van der Waals surface area contributed by atoms with Crippen LogP contribution in [0.2, 0.25) is 0 Å². The van der Waals surface area contributed by atoms with Crippen molar-refractivity contribution < 1.29 is 37.6 Å². The van der Waals surface area contributed by atoms with Gasteiger partial charge in [-0.25, -0.2) is 4.57 Å². The van der Waals surface area contributed by atoms with Crippen LogP contribution < -0.4 is 5.73 Å². The molecule has 0 aliphatic carbocycles. The molecule has 520 valence electrons. The summed E-state index contributed by atoms with van der Waals surface area (Å²) in [5.41, 5.74) is 5.40. The van der Waals surface area contributed by atoms with E-state index in [1.165, 1.54) is 38.5 Å². The van der Waals surface area contributed by atoms with Gasteiger partial charge in [0.1, 0.15) is 6.61 Å². The third-order valence-corrected chi connectivity index (χ3v) is 15.3. The van der Waals surface area contributed by atoms with Gasteiger partial charge in [0.2, 0.25) is 0 Å². The van der Waals surface area contributed by atoms with Crippen LogP contribution >= 0.6 is 7.82 Å². The van der Waals surface area contributed by atoms with Crippen LogP contribution in [-0.2, 0) is 32.7 Å². The maximum atomic E-state index is 12.8. The van der Waals surface area contributed by atoms with Crippen LogP contribution in [0, 0.1) is 0 Å². The van der Waals surface area contributed by atoms with Gasteiger partial charge in [-0.05, 0) is 154 Å². The van der Waals surface area contributed by atoms with Crippen molar-refractivity contribution in [2.45, 2.75) is 264 Å². The Morgan fingerprint density at radius 2 is 0.559 bits per heavy atom. The van der Waals surface area contributed by atoms with Crippen LogP contribution in [0.5, 0.6) is 0 Å². The molecule has 9 nitrogen and oxygen atoms in total. The molecule has 0 radical (unpaired) electrons. The lowest BCUT2D eigenvalue weighted by atomic mass is 10.0. The van der Waals surface area contributed by atoms with Gasteiger partial charge in [0.25, 0.3) is 0 Å². The average molecular weight is 1300 g/mol. The van der Waals surface area contributed by atoms with E-state index in [1.807, 2.05) is 0 Å². The van der Waals surface area contributed by atoms with E-state index >= 15 is 0 Å². The molecule has 2 unspecified atom stereocenters. The highest BCUT2D eigenvalue weighted by Crippen LogP contribution is 2.43. The number of unbranched alkanes of at least 4 members (excludes halogenated alkanes) is 16. The molecule has 0 heterocycles. The van der Waals surface area contributed by atoms with Gasteiger partial charge in [-0.15, -0.1) is 0 Å². The van der Waals surface area contributed by atoms with Gasteiger partial charge in [0.15, 0.2) is 6.10 Å². The van der Waals surface area contributed by atoms with E-state index in [2.05, 4.69) is 233 Å². The van der Waals surface area contributed by atoms with Crippen LogP contribution in [0.3, 0.4) is 0 Å². The normalized spacial score (nSPS) is 14.2. The summed E-state index contributed by atoms with van der Waals surface area (Å²) in [6, 6.07) is 0. The summed E-state index contributed by atoms with van der Waals surface area (Å²) in [7, 11) is -4.42. The van der Waals surface area contributed by atoms with Gasteiger partial charge < -0.3 is 20.1 Å². The first-order valence-corrected chi connectivity index (χ1v) is 37.7. The van der Waals surface area contributed by atoms with Gasteiger partial charge in [-0.1, -0.05) is 310 Å². The molecular formula is C83H130NO8P. The molecule has 0 aromatic carbocycles. The van der Waals surface area contributed by atoms with E-state index in [1.54, 1.807) is 0 Å². The van der Waals surface area contributed by atoms with E-state index < -0.39 is 32.5 Å². The molecule has 0 fully saturated rings. The molecule has 0 aliphatic rings. The summed E-state index contributed by atoms with van der Waals surface area (Å²) >= 11 is 0. The molecule has 0 bridgehead atoms. The second kappa shape index (κ2) is 75.4. The molecule has 0 aromatic rings.